The number of carbonyl (C=O) groups is 5. The SMILES string of the molecule is O=C(O)CCCNc1ccc2c(c1)C(=O)N(C1CCC(=O)NC1=O)C2=O. The van der Waals surface area contributed by atoms with E-state index in [4.69, 9.17) is 5.11 Å². The van der Waals surface area contributed by atoms with Crippen LogP contribution in [0.2, 0.25) is 0 Å². The fraction of sp³-hybridized carbons (Fsp3) is 0.353. The summed E-state index contributed by atoms with van der Waals surface area (Å²) in [5.41, 5.74) is 0.971. The number of fused-ring (bicyclic) bond motifs is 1. The van der Waals surface area contributed by atoms with Gasteiger partial charge in [-0.2, -0.15) is 0 Å². The first kappa shape index (κ1) is 17.6. The molecule has 0 spiro atoms. The number of nitrogens with one attached hydrogen (secondary N) is 2. The number of benzene rings is 1. The van der Waals surface area contributed by atoms with Crippen LogP contribution in [0.15, 0.2) is 18.2 Å². The number of hydrogen-bond donors (Lipinski definition) is 3. The van der Waals surface area contributed by atoms with Gasteiger partial charge < -0.3 is 10.4 Å². The highest BCUT2D eigenvalue weighted by Gasteiger charge is 2.44. The Morgan fingerprint density at radius 1 is 1.19 bits per heavy atom. The molecule has 2 aliphatic heterocycles. The molecule has 0 aliphatic carbocycles. The van der Waals surface area contributed by atoms with Crippen molar-refractivity contribution in [3.8, 4) is 0 Å². The molecule has 4 amide bonds. The van der Waals surface area contributed by atoms with Crippen LogP contribution in [0.1, 0.15) is 46.4 Å². The second-order valence-corrected chi connectivity index (χ2v) is 6.13. The number of nitrogens with zero attached hydrogens (tertiary/aromatic N) is 1. The largest absolute Gasteiger partial charge is 0.481 e. The zero-order valence-electron chi connectivity index (χ0n) is 13.8. The van der Waals surface area contributed by atoms with Gasteiger partial charge in [0, 0.05) is 25.1 Å². The third-order valence-electron chi connectivity index (χ3n) is 4.34. The van der Waals surface area contributed by atoms with Gasteiger partial charge in [-0.25, -0.2) is 0 Å². The Balaban J connectivity index is 1.74. The second-order valence-electron chi connectivity index (χ2n) is 6.13. The van der Waals surface area contributed by atoms with E-state index < -0.39 is 35.6 Å². The Morgan fingerprint density at radius 3 is 2.62 bits per heavy atom. The predicted molar refractivity (Wildman–Crippen MR) is 88.5 cm³/mol. The number of rotatable bonds is 6. The molecule has 0 bridgehead atoms. The summed E-state index contributed by atoms with van der Waals surface area (Å²) in [6.07, 6.45) is 0.622. The van der Waals surface area contributed by atoms with E-state index in [1.165, 1.54) is 12.1 Å². The van der Waals surface area contributed by atoms with Crippen molar-refractivity contribution < 1.29 is 29.1 Å². The van der Waals surface area contributed by atoms with Crippen molar-refractivity contribution >= 4 is 35.3 Å². The van der Waals surface area contributed by atoms with Gasteiger partial charge in [0.25, 0.3) is 11.8 Å². The van der Waals surface area contributed by atoms with Gasteiger partial charge in [0.2, 0.25) is 11.8 Å². The fourth-order valence-electron chi connectivity index (χ4n) is 3.05. The van der Waals surface area contributed by atoms with E-state index in [1.807, 2.05) is 0 Å². The first-order valence-electron chi connectivity index (χ1n) is 8.20. The van der Waals surface area contributed by atoms with E-state index in [0.29, 0.717) is 18.7 Å². The zero-order chi connectivity index (χ0) is 18.8. The third-order valence-corrected chi connectivity index (χ3v) is 4.34. The van der Waals surface area contributed by atoms with Crippen molar-refractivity contribution in [3.05, 3.63) is 29.3 Å². The Hall–Kier alpha value is -3.23. The van der Waals surface area contributed by atoms with Crippen LogP contribution in [0.4, 0.5) is 5.69 Å². The quantitative estimate of drug-likeness (QED) is 0.493. The molecule has 1 fully saturated rings. The molecule has 1 saturated heterocycles. The lowest BCUT2D eigenvalue weighted by Gasteiger charge is -2.27. The molecule has 0 aromatic heterocycles. The lowest BCUT2D eigenvalue weighted by molar-refractivity contribution is -0.137. The van der Waals surface area contributed by atoms with E-state index >= 15 is 0 Å². The number of carboxylic acids is 1. The summed E-state index contributed by atoms with van der Waals surface area (Å²) in [6, 6.07) is 3.65. The highest BCUT2D eigenvalue weighted by Crippen LogP contribution is 2.29. The molecular weight excluding hydrogens is 342 g/mol. The summed E-state index contributed by atoms with van der Waals surface area (Å²) in [5.74, 6) is -3.09. The van der Waals surface area contributed by atoms with Gasteiger partial charge in [-0.05, 0) is 31.0 Å². The van der Waals surface area contributed by atoms with Gasteiger partial charge in [-0.3, -0.25) is 34.2 Å². The summed E-state index contributed by atoms with van der Waals surface area (Å²) < 4.78 is 0. The number of carboxylic acid groups (broad SMARTS) is 1. The summed E-state index contributed by atoms with van der Waals surface area (Å²) in [5, 5.41) is 13.8. The lowest BCUT2D eigenvalue weighted by Crippen LogP contribution is -2.54. The number of piperidine rings is 1. The molecule has 9 nitrogen and oxygen atoms in total. The maximum Gasteiger partial charge on any atom is 0.303 e. The van der Waals surface area contributed by atoms with Gasteiger partial charge in [0.1, 0.15) is 6.04 Å². The van der Waals surface area contributed by atoms with Crippen LogP contribution in [-0.4, -0.2) is 52.2 Å². The van der Waals surface area contributed by atoms with Gasteiger partial charge in [-0.1, -0.05) is 0 Å². The minimum atomic E-state index is -0.993. The normalized spacial score (nSPS) is 19.4. The van der Waals surface area contributed by atoms with Gasteiger partial charge >= 0.3 is 5.97 Å². The molecule has 9 heteroatoms. The molecule has 1 atom stereocenters. The van der Waals surface area contributed by atoms with E-state index in [-0.39, 0.29) is 30.4 Å². The van der Waals surface area contributed by atoms with Crippen molar-refractivity contribution in [1.29, 1.82) is 0 Å². The Morgan fingerprint density at radius 2 is 1.92 bits per heavy atom. The van der Waals surface area contributed by atoms with E-state index in [2.05, 4.69) is 10.6 Å². The minimum absolute atomic E-state index is 0.0264. The molecular formula is C17H17N3O6. The number of carbonyl (C=O) groups excluding carboxylic acids is 4. The topological polar surface area (TPSA) is 133 Å². The molecule has 1 aromatic rings. The standard InChI is InChI=1S/C17H17N3O6/c21-13-6-5-12(15(24)19-13)20-16(25)10-4-3-9(8-11(10)17(20)26)18-7-1-2-14(22)23/h3-4,8,12,18H,1-2,5-7H2,(H,22,23)(H,19,21,24). The maximum atomic E-state index is 12.6. The van der Waals surface area contributed by atoms with Crippen molar-refractivity contribution in [3.63, 3.8) is 0 Å². The zero-order valence-corrected chi connectivity index (χ0v) is 13.8. The van der Waals surface area contributed by atoms with E-state index in [9.17, 15) is 24.0 Å². The maximum absolute atomic E-state index is 12.6. The van der Waals surface area contributed by atoms with Gasteiger partial charge in [0.15, 0.2) is 0 Å². The van der Waals surface area contributed by atoms with Crippen molar-refractivity contribution in [2.45, 2.75) is 31.7 Å². The number of anilines is 1. The first-order chi connectivity index (χ1) is 12.4. The van der Waals surface area contributed by atoms with Crippen LogP contribution < -0.4 is 10.6 Å². The van der Waals surface area contributed by atoms with Crippen LogP contribution in [0.25, 0.3) is 0 Å². The highest BCUT2D eigenvalue weighted by atomic mass is 16.4. The monoisotopic (exact) mass is 359 g/mol. The average molecular weight is 359 g/mol. The molecule has 136 valence electrons. The second kappa shape index (κ2) is 6.95. The minimum Gasteiger partial charge on any atom is -0.481 e. The number of hydrogen-bond acceptors (Lipinski definition) is 6. The van der Waals surface area contributed by atoms with Crippen LogP contribution in [0.5, 0.6) is 0 Å². The predicted octanol–water partition coefficient (Wildman–Crippen LogP) is 0.365. The Kier molecular flexibility index (Phi) is 4.70. The van der Waals surface area contributed by atoms with Crippen molar-refractivity contribution in [2.75, 3.05) is 11.9 Å². The first-order valence-corrected chi connectivity index (χ1v) is 8.20. The molecule has 3 rings (SSSR count). The molecule has 1 aromatic carbocycles. The molecule has 26 heavy (non-hydrogen) atoms. The summed E-state index contributed by atoms with van der Waals surface area (Å²) in [6.45, 7) is 0.407. The van der Waals surface area contributed by atoms with Crippen LogP contribution in [0.3, 0.4) is 0 Å². The molecule has 0 saturated carbocycles. The average Bonchev–Trinajstić information content (AvgIpc) is 2.83. The van der Waals surface area contributed by atoms with Crippen LogP contribution in [-0.2, 0) is 14.4 Å². The fourth-order valence-corrected chi connectivity index (χ4v) is 3.05. The molecule has 2 heterocycles. The molecule has 3 N–H and O–H groups in total. The van der Waals surface area contributed by atoms with Crippen molar-refractivity contribution in [2.24, 2.45) is 0 Å². The summed E-state index contributed by atoms with van der Waals surface area (Å²) >= 11 is 0. The van der Waals surface area contributed by atoms with E-state index in [0.717, 1.165) is 4.90 Å². The molecule has 1 unspecified atom stereocenters. The van der Waals surface area contributed by atoms with Crippen LogP contribution >= 0.6 is 0 Å². The number of aliphatic carboxylic acids is 1. The van der Waals surface area contributed by atoms with Crippen molar-refractivity contribution in [1.82, 2.24) is 10.2 Å². The summed E-state index contributed by atoms with van der Waals surface area (Å²) in [4.78, 5) is 59.8. The van der Waals surface area contributed by atoms with Crippen LogP contribution in [0, 0.1) is 0 Å². The Bertz CT molecular complexity index is 819. The molecule has 0 radical (unpaired) electrons. The molecule has 2 aliphatic rings. The highest BCUT2D eigenvalue weighted by molar-refractivity contribution is 6.23. The number of imide groups is 2. The van der Waals surface area contributed by atoms with Gasteiger partial charge in [-0.15, -0.1) is 0 Å². The smallest absolute Gasteiger partial charge is 0.303 e. The van der Waals surface area contributed by atoms with E-state index in [1.54, 1.807) is 6.07 Å². The Labute approximate surface area is 148 Å². The van der Waals surface area contributed by atoms with Gasteiger partial charge in [0.05, 0.1) is 11.1 Å². The third kappa shape index (κ3) is 3.28. The number of amides is 4. The summed E-state index contributed by atoms with van der Waals surface area (Å²) in [7, 11) is 0. The lowest BCUT2D eigenvalue weighted by atomic mass is 10.0.